The highest BCUT2D eigenvalue weighted by Gasteiger charge is 2.30. The lowest BCUT2D eigenvalue weighted by atomic mass is 10.2. The van der Waals surface area contributed by atoms with Crippen LogP contribution in [0, 0.1) is 6.92 Å². The lowest BCUT2D eigenvalue weighted by molar-refractivity contribution is 0.0988. The number of fused-ring (bicyclic) bond motifs is 1. The fraction of sp³-hybridized carbons (Fsp3) is 0.105. The molecule has 0 saturated carbocycles. The van der Waals surface area contributed by atoms with Crippen LogP contribution in [0.25, 0.3) is 0 Å². The van der Waals surface area contributed by atoms with Crippen molar-refractivity contribution in [2.45, 2.75) is 13.5 Å². The Balaban J connectivity index is 1.57. The van der Waals surface area contributed by atoms with E-state index in [0.29, 0.717) is 28.5 Å². The third kappa shape index (κ3) is 2.74. The summed E-state index contributed by atoms with van der Waals surface area (Å²) in [4.78, 5) is 30.6. The van der Waals surface area contributed by atoms with E-state index in [2.05, 4.69) is 10.3 Å². The molecule has 0 spiro atoms. The van der Waals surface area contributed by atoms with Gasteiger partial charge in [0, 0.05) is 17.4 Å². The van der Waals surface area contributed by atoms with E-state index in [1.165, 1.54) is 6.26 Å². The Hall–Kier alpha value is -3.12. The number of anilines is 2. The number of aryl methyl sites for hydroxylation is 1. The fourth-order valence-corrected chi connectivity index (χ4v) is 3.20. The SMILES string of the molecule is Cc1ccoc1C(=O)Nc1ccc(N2Cc3ncccc3C2=O)c(Cl)c1. The van der Waals surface area contributed by atoms with E-state index in [4.69, 9.17) is 16.0 Å². The fourth-order valence-electron chi connectivity index (χ4n) is 2.92. The number of carbonyl (C=O) groups is 2. The molecule has 0 fully saturated rings. The van der Waals surface area contributed by atoms with Crippen LogP contribution in [0.2, 0.25) is 5.02 Å². The summed E-state index contributed by atoms with van der Waals surface area (Å²) in [5.74, 6) is -0.246. The number of hydrogen-bond donors (Lipinski definition) is 1. The van der Waals surface area contributed by atoms with E-state index in [-0.39, 0.29) is 17.6 Å². The molecule has 2 aromatic heterocycles. The van der Waals surface area contributed by atoms with Gasteiger partial charge in [-0.1, -0.05) is 11.6 Å². The van der Waals surface area contributed by atoms with Gasteiger partial charge >= 0.3 is 0 Å². The Labute approximate surface area is 154 Å². The lowest BCUT2D eigenvalue weighted by Gasteiger charge is -2.18. The minimum absolute atomic E-state index is 0.141. The van der Waals surface area contributed by atoms with Crippen LogP contribution in [0.4, 0.5) is 11.4 Å². The van der Waals surface area contributed by atoms with Gasteiger partial charge in [0.2, 0.25) is 0 Å². The van der Waals surface area contributed by atoms with E-state index in [0.717, 1.165) is 11.3 Å². The normalized spacial score (nSPS) is 13.0. The van der Waals surface area contributed by atoms with Crippen molar-refractivity contribution in [2.75, 3.05) is 10.2 Å². The van der Waals surface area contributed by atoms with E-state index < -0.39 is 0 Å². The average Bonchev–Trinajstić information content (AvgIpc) is 3.19. The monoisotopic (exact) mass is 367 g/mol. The number of nitrogens with one attached hydrogen (secondary N) is 1. The number of hydrogen-bond acceptors (Lipinski definition) is 4. The molecule has 2 amide bonds. The van der Waals surface area contributed by atoms with Crippen molar-refractivity contribution < 1.29 is 14.0 Å². The highest BCUT2D eigenvalue weighted by atomic mass is 35.5. The van der Waals surface area contributed by atoms with Crippen LogP contribution in [0.3, 0.4) is 0 Å². The molecule has 1 aliphatic heterocycles. The third-order valence-electron chi connectivity index (χ3n) is 4.24. The predicted octanol–water partition coefficient (Wildman–Crippen LogP) is 4.05. The average molecular weight is 368 g/mol. The molecular weight excluding hydrogens is 354 g/mol. The minimum atomic E-state index is -0.356. The second kappa shape index (κ2) is 6.31. The maximum absolute atomic E-state index is 12.6. The number of benzene rings is 1. The first kappa shape index (κ1) is 16.4. The van der Waals surface area contributed by atoms with E-state index in [9.17, 15) is 9.59 Å². The Kier molecular flexibility index (Phi) is 3.97. The molecule has 1 N–H and O–H groups in total. The molecule has 4 rings (SSSR count). The maximum atomic E-state index is 12.6. The summed E-state index contributed by atoms with van der Waals surface area (Å²) in [5, 5.41) is 3.10. The number of aromatic nitrogens is 1. The van der Waals surface area contributed by atoms with Crippen LogP contribution >= 0.6 is 11.6 Å². The van der Waals surface area contributed by atoms with Gasteiger partial charge in [0.25, 0.3) is 11.8 Å². The molecule has 1 aromatic carbocycles. The van der Waals surface area contributed by atoms with Crippen molar-refractivity contribution in [3.63, 3.8) is 0 Å². The molecule has 0 bridgehead atoms. The van der Waals surface area contributed by atoms with Crippen LogP contribution in [0.1, 0.15) is 32.2 Å². The second-order valence-corrected chi connectivity index (χ2v) is 6.35. The van der Waals surface area contributed by atoms with Gasteiger partial charge in [0.1, 0.15) is 0 Å². The first-order valence-electron chi connectivity index (χ1n) is 7.95. The molecule has 0 saturated heterocycles. The lowest BCUT2D eigenvalue weighted by Crippen LogP contribution is -2.23. The Bertz CT molecular complexity index is 1030. The highest BCUT2D eigenvalue weighted by Crippen LogP contribution is 2.34. The van der Waals surface area contributed by atoms with Gasteiger partial charge in [-0.15, -0.1) is 0 Å². The van der Waals surface area contributed by atoms with Crippen molar-refractivity contribution in [3.05, 3.63) is 76.5 Å². The predicted molar refractivity (Wildman–Crippen MR) is 97.6 cm³/mol. The van der Waals surface area contributed by atoms with Crippen molar-refractivity contribution >= 4 is 34.8 Å². The second-order valence-electron chi connectivity index (χ2n) is 5.94. The number of pyridine rings is 1. The molecule has 1 aliphatic rings. The summed E-state index contributed by atoms with van der Waals surface area (Å²) in [6, 6.07) is 10.2. The summed E-state index contributed by atoms with van der Waals surface area (Å²) in [6.07, 6.45) is 3.12. The van der Waals surface area contributed by atoms with Crippen LogP contribution < -0.4 is 10.2 Å². The Morgan fingerprint density at radius 2 is 2.15 bits per heavy atom. The Morgan fingerprint density at radius 1 is 1.31 bits per heavy atom. The summed E-state index contributed by atoms with van der Waals surface area (Å²) in [5.41, 5.74) is 3.13. The number of amides is 2. The van der Waals surface area contributed by atoms with Gasteiger partial charge in [0.15, 0.2) is 5.76 Å². The van der Waals surface area contributed by atoms with Crippen molar-refractivity contribution in [1.29, 1.82) is 0 Å². The van der Waals surface area contributed by atoms with Gasteiger partial charge in [-0.25, -0.2) is 0 Å². The van der Waals surface area contributed by atoms with Crippen LogP contribution in [-0.4, -0.2) is 16.8 Å². The van der Waals surface area contributed by atoms with Gasteiger partial charge in [0.05, 0.1) is 34.8 Å². The molecule has 0 unspecified atom stereocenters. The zero-order chi connectivity index (χ0) is 18.3. The zero-order valence-corrected chi connectivity index (χ0v) is 14.6. The summed E-state index contributed by atoms with van der Waals surface area (Å²) >= 11 is 6.37. The Morgan fingerprint density at radius 3 is 2.85 bits per heavy atom. The molecule has 0 aliphatic carbocycles. The number of furan rings is 1. The molecule has 7 heteroatoms. The number of carbonyl (C=O) groups excluding carboxylic acids is 2. The minimum Gasteiger partial charge on any atom is -0.459 e. The molecule has 130 valence electrons. The summed E-state index contributed by atoms with van der Waals surface area (Å²) in [7, 11) is 0. The van der Waals surface area contributed by atoms with E-state index in [1.807, 2.05) is 0 Å². The molecule has 6 nitrogen and oxygen atoms in total. The van der Waals surface area contributed by atoms with Gasteiger partial charge in [-0.3, -0.25) is 14.6 Å². The molecule has 3 aromatic rings. The highest BCUT2D eigenvalue weighted by molar-refractivity contribution is 6.34. The molecular formula is C19H14ClN3O3. The van der Waals surface area contributed by atoms with Crippen molar-refractivity contribution in [2.24, 2.45) is 0 Å². The summed E-state index contributed by atoms with van der Waals surface area (Å²) < 4.78 is 5.18. The van der Waals surface area contributed by atoms with Crippen molar-refractivity contribution in [1.82, 2.24) is 4.98 Å². The van der Waals surface area contributed by atoms with Gasteiger partial charge < -0.3 is 14.6 Å². The van der Waals surface area contributed by atoms with Crippen molar-refractivity contribution in [3.8, 4) is 0 Å². The standard InChI is InChI=1S/C19H14ClN3O3/c1-11-6-8-26-17(11)18(24)22-12-4-5-16(14(20)9-12)23-10-15-13(19(23)25)3-2-7-21-15/h2-9H,10H2,1H3,(H,22,24). The first-order chi connectivity index (χ1) is 12.5. The number of halogens is 1. The van der Waals surface area contributed by atoms with E-state index >= 15 is 0 Å². The van der Waals surface area contributed by atoms with Gasteiger partial charge in [-0.2, -0.15) is 0 Å². The number of rotatable bonds is 3. The summed E-state index contributed by atoms with van der Waals surface area (Å²) in [6.45, 7) is 2.16. The molecule has 26 heavy (non-hydrogen) atoms. The molecule has 0 radical (unpaired) electrons. The third-order valence-corrected chi connectivity index (χ3v) is 4.54. The smallest absolute Gasteiger partial charge is 0.291 e. The van der Waals surface area contributed by atoms with Gasteiger partial charge in [-0.05, 0) is 43.3 Å². The van der Waals surface area contributed by atoms with E-state index in [1.54, 1.807) is 54.4 Å². The zero-order valence-electron chi connectivity index (χ0n) is 13.8. The topological polar surface area (TPSA) is 75.4 Å². The van der Waals surface area contributed by atoms with Crippen LogP contribution in [0.5, 0.6) is 0 Å². The first-order valence-corrected chi connectivity index (χ1v) is 8.33. The van der Waals surface area contributed by atoms with Crippen LogP contribution in [-0.2, 0) is 6.54 Å². The number of nitrogens with zero attached hydrogens (tertiary/aromatic N) is 2. The molecule has 0 atom stereocenters. The van der Waals surface area contributed by atoms with Crippen LogP contribution in [0.15, 0.2) is 53.3 Å². The quantitative estimate of drug-likeness (QED) is 0.757. The maximum Gasteiger partial charge on any atom is 0.291 e. The molecule has 3 heterocycles. The largest absolute Gasteiger partial charge is 0.459 e.